The van der Waals surface area contributed by atoms with Crippen molar-refractivity contribution in [3.05, 3.63) is 0 Å². The number of hydrogen-bond acceptors (Lipinski definition) is 2. The third-order valence-electron chi connectivity index (χ3n) is 3.19. The third-order valence-corrected chi connectivity index (χ3v) is 3.19. The Bertz CT molecular complexity index is 204. The first-order valence-corrected chi connectivity index (χ1v) is 6.16. The van der Waals surface area contributed by atoms with Crippen molar-refractivity contribution in [2.45, 2.75) is 64.5 Å². The molecule has 1 rings (SSSR count). The standard InChI is InChI=1S/C12H24N2O/c1-10(13)7-8-12(15)14-9-5-3-4-6-11(14)2/h10-11H,3-9,13H2,1-2H3. The minimum Gasteiger partial charge on any atom is -0.340 e. The number of carbonyl (C=O) groups excluding carboxylic acids is 1. The molecule has 0 aromatic rings. The second-order valence-corrected chi connectivity index (χ2v) is 4.80. The molecule has 2 atom stereocenters. The van der Waals surface area contributed by atoms with Crippen molar-refractivity contribution in [1.29, 1.82) is 0 Å². The van der Waals surface area contributed by atoms with Crippen LogP contribution in [0.4, 0.5) is 0 Å². The average molecular weight is 212 g/mol. The summed E-state index contributed by atoms with van der Waals surface area (Å²) in [7, 11) is 0. The monoisotopic (exact) mass is 212 g/mol. The Morgan fingerprint density at radius 3 is 2.87 bits per heavy atom. The Hall–Kier alpha value is -0.570. The van der Waals surface area contributed by atoms with Gasteiger partial charge >= 0.3 is 0 Å². The van der Waals surface area contributed by atoms with Crippen molar-refractivity contribution in [3.63, 3.8) is 0 Å². The number of nitrogens with zero attached hydrogens (tertiary/aromatic N) is 1. The van der Waals surface area contributed by atoms with Crippen LogP contribution in [-0.2, 0) is 4.79 Å². The van der Waals surface area contributed by atoms with Crippen LogP contribution in [0.1, 0.15) is 52.4 Å². The lowest BCUT2D eigenvalue weighted by Crippen LogP contribution is -2.38. The van der Waals surface area contributed by atoms with E-state index in [2.05, 4.69) is 11.8 Å². The number of hydrogen-bond donors (Lipinski definition) is 1. The average Bonchev–Trinajstić information content (AvgIpc) is 2.39. The molecule has 88 valence electrons. The highest BCUT2D eigenvalue weighted by atomic mass is 16.2. The Morgan fingerprint density at radius 1 is 1.47 bits per heavy atom. The van der Waals surface area contributed by atoms with E-state index in [4.69, 9.17) is 5.73 Å². The van der Waals surface area contributed by atoms with E-state index in [1.807, 2.05) is 6.92 Å². The molecule has 0 saturated carbocycles. The number of rotatable bonds is 3. The largest absolute Gasteiger partial charge is 0.340 e. The van der Waals surface area contributed by atoms with Crippen LogP contribution in [0.2, 0.25) is 0 Å². The summed E-state index contributed by atoms with van der Waals surface area (Å²) in [6.07, 6.45) is 6.27. The molecule has 0 aromatic carbocycles. The van der Waals surface area contributed by atoms with Gasteiger partial charge in [0.2, 0.25) is 5.91 Å². The predicted molar refractivity (Wildman–Crippen MR) is 62.5 cm³/mol. The maximum Gasteiger partial charge on any atom is 0.222 e. The molecule has 0 aromatic heterocycles. The van der Waals surface area contributed by atoms with Crippen LogP contribution < -0.4 is 5.73 Å². The van der Waals surface area contributed by atoms with Gasteiger partial charge in [-0.15, -0.1) is 0 Å². The minimum atomic E-state index is 0.135. The molecule has 1 aliphatic rings. The van der Waals surface area contributed by atoms with Crippen molar-refractivity contribution in [2.75, 3.05) is 6.54 Å². The van der Waals surface area contributed by atoms with Gasteiger partial charge in [-0.05, 0) is 33.1 Å². The van der Waals surface area contributed by atoms with Gasteiger partial charge in [0.1, 0.15) is 0 Å². The molecule has 0 spiro atoms. The Balaban J connectivity index is 2.41. The van der Waals surface area contributed by atoms with E-state index in [1.165, 1.54) is 12.8 Å². The highest BCUT2D eigenvalue weighted by Gasteiger charge is 2.21. The molecule has 0 bridgehead atoms. The quantitative estimate of drug-likeness (QED) is 0.776. The summed E-state index contributed by atoms with van der Waals surface area (Å²) in [5.74, 6) is 0.293. The van der Waals surface area contributed by atoms with Crippen LogP contribution in [0.25, 0.3) is 0 Å². The summed E-state index contributed by atoms with van der Waals surface area (Å²) in [4.78, 5) is 14.0. The normalized spacial score (nSPS) is 24.7. The smallest absolute Gasteiger partial charge is 0.222 e. The molecule has 15 heavy (non-hydrogen) atoms. The van der Waals surface area contributed by atoms with Gasteiger partial charge in [0.15, 0.2) is 0 Å². The van der Waals surface area contributed by atoms with E-state index in [9.17, 15) is 4.79 Å². The molecule has 2 unspecified atom stereocenters. The summed E-state index contributed by atoms with van der Waals surface area (Å²) in [5.41, 5.74) is 5.67. The summed E-state index contributed by atoms with van der Waals surface area (Å²) in [6, 6.07) is 0.560. The number of likely N-dealkylation sites (tertiary alicyclic amines) is 1. The van der Waals surface area contributed by atoms with Gasteiger partial charge in [-0.25, -0.2) is 0 Å². The maximum atomic E-state index is 11.9. The highest BCUT2D eigenvalue weighted by molar-refractivity contribution is 5.76. The molecule has 3 heteroatoms. The molecule has 0 radical (unpaired) electrons. The van der Waals surface area contributed by atoms with Crippen molar-refractivity contribution >= 4 is 5.91 Å². The zero-order valence-corrected chi connectivity index (χ0v) is 10.0. The third kappa shape index (κ3) is 4.20. The summed E-state index contributed by atoms with van der Waals surface area (Å²) in [6.45, 7) is 5.06. The Labute approximate surface area is 93.0 Å². The molecule has 1 heterocycles. The number of nitrogens with two attached hydrogens (primary N) is 1. The van der Waals surface area contributed by atoms with Crippen molar-refractivity contribution < 1.29 is 4.79 Å². The van der Waals surface area contributed by atoms with Crippen LogP contribution >= 0.6 is 0 Å². The lowest BCUT2D eigenvalue weighted by molar-refractivity contribution is -0.133. The summed E-state index contributed by atoms with van der Waals surface area (Å²) in [5, 5.41) is 0. The van der Waals surface area contributed by atoms with Crippen molar-refractivity contribution in [3.8, 4) is 0 Å². The first-order valence-electron chi connectivity index (χ1n) is 6.16. The molecule has 2 N–H and O–H groups in total. The minimum absolute atomic E-state index is 0.135. The van der Waals surface area contributed by atoms with Gasteiger partial charge in [0.05, 0.1) is 0 Å². The lowest BCUT2D eigenvalue weighted by atomic mass is 10.1. The zero-order chi connectivity index (χ0) is 11.3. The highest BCUT2D eigenvalue weighted by Crippen LogP contribution is 2.17. The van der Waals surface area contributed by atoms with Crippen molar-refractivity contribution in [2.24, 2.45) is 5.73 Å². The fraction of sp³-hybridized carbons (Fsp3) is 0.917. The van der Waals surface area contributed by atoms with Crippen LogP contribution in [0.5, 0.6) is 0 Å². The Morgan fingerprint density at radius 2 is 2.20 bits per heavy atom. The SMILES string of the molecule is CC(N)CCC(=O)N1CCCCCC1C. The Kier molecular flexibility index (Phi) is 5.09. The van der Waals surface area contributed by atoms with E-state index >= 15 is 0 Å². The van der Waals surface area contributed by atoms with Crippen LogP contribution in [0.3, 0.4) is 0 Å². The summed E-state index contributed by atoms with van der Waals surface area (Å²) >= 11 is 0. The van der Waals surface area contributed by atoms with Gasteiger partial charge in [0.25, 0.3) is 0 Å². The fourth-order valence-electron chi connectivity index (χ4n) is 2.14. The topological polar surface area (TPSA) is 46.3 Å². The molecule has 3 nitrogen and oxygen atoms in total. The molecule has 1 aliphatic heterocycles. The predicted octanol–water partition coefficient (Wildman–Crippen LogP) is 1.90. The first kappa shape index (κ1) is 12.5. The number of amides is 1. The molecule has 0 aliphatic carbocycles. The van der Waals surface area contributed by atoms with Gasteiger partial charge in [-0.3, -0.25) is 4.79 Å². The second kappa shape index (κ2) is 6.11. The molecule has 1 fully saturated rings. The van der Waals surface area contributed by atoms with E-state index in [1.54, 1.807) is 0 Å². The van der Waals surface area contributed by atoms with Gasteiger partial charge in [-0.2, -0.15) is 0 Å². The van der Waals surface area contributed by atoms with E-state index in [-0.39, 0.29) is 6.04 Å². The molecular weight excluding hydrogens is 188 g/mol. The van der Waals surface area contributed by atoms with Crippen LogP contribution in [0, 0.1) is 0 Å². The second-order valence-electron chi connectivity index (χ2n) is 4.80. The van der Waals surface area contributed by atoms with Gasteiger partial charge in [0, 0.05) is 25.0 Å². The first-order chi connectivity index (χ1) is 7.11. The lowest BCUT2D eigenvalue weighted by Gasteiger charge is -2.27. The van der Waals surface area contributed by atoms with Gasteiger partial charge < -0.3 is 10.6 Å². The van der Waals surface area contributed by atoms with E-state index in [0.717, 1.165) is 25.8 Å². The number of carbonyl (C=O) groups is 1. The van der Waals surface area contributed by atoms with Gasteiger partial charge in [-0.1, -0.05) is 12.8 Å². The van der Waals surface area contributed by atoms with Crippen LogP contribution in [0.15, 0.2) is 0 Å². The molecule has 1 amide bonds. The zero-order valence-electron chi connectivity index (χ0n) is 10.0. The maximum absolute atomic E-state index is 11.9. The van der Waals surface area contributed by atoms with Crippen molar-refractivity contribution in [1.82, 2.24) is 4.90 Å². The fourth-order valence-corrected chi connectivity index (χ4v) is 2.14. The summed E-state index contributed by atoms with van der Waals surface area (Å²) < 4.78 is 0. The molecular formula is C12H24N2O. The van der Waals surface area contributed by atoms with E-state index < -0.39 is 0 Å². The van der Waals surface area contributed by atoms with Crippen LogP contribution in [-0.4, -0.2) is 29.4 Å². The van der Waals surface area contributed by atoms with E-state index in [0.29, 0.717) is 18.4 Å². The molecule has 1 saturated heterocycles.